The number of nitrogens with one attached hydrogen (secondary N) is 3. The van der Waals surface area contributed by atoms with Crippen LogP contribution in [0.1, 0.15) is 41.0 Å². The zero-order valence-electron chi connectivity index (χ0n) is 28.7. The van der Waals surface area contributed by atoms with Gasteiger partial charge in [-0.3, -0.25) is 14.6 Å². The molecule has 0 unspecified atom stereocenters. The van der Waals surface area contributed by atoms with Gasteiger partial charge in [0.05, 0.1) is 31.1 Å². The summed E-state index contributed by atoms with van der Waals surface area (Å²) >= 11 is 0. The standard InChI is InChI=1S/C37H40F2N4O7/c1-36(2,3)50-35(46)41-15-7-17-48-30-20-26-24(19-29(30)47-6)27(14-16-40-26)49-28-13-12-23(18-25(28)39)43-34(45)32-31(37(32,4)5)33(44)42-22-10-8-21(38)9-11-22/h8-14,16,18-20,31-32H,7,15,17H2,1-6H3,(H,41,46)(H,42,44)(H,43,45)/t31-,32+/m0/s1. The number of hydrogen-bond donors (Lipinski definition) is 3. The lowest BCUT2D eigenvalue weighted by Gasteiger charge is -2.19. The number of halogens is 2. The van der Waals surface area contributed by atoms with Crippen molar-refractivity contribution in [1.29, 1.82) is 0 Å². The molecule has 1 heterocycles. The van der Waals surface area contributed by atoms with Gasteiger partial charge in [-0.1, -0.05) is 13.8 Å². The molecule has 1 aromatic heterocycles. The second-order valence-corrected chi connectivity index (χ2v) is 13.5. The number of rotatable bonds is 12. The molecule has 3 amide bonds. The Bertz CT molecular complexity index is 1890. The van der Waals surface area contributed by atoms with Crippen LogP contribution in [0.2, 0.25) is 0 Å². The summed E-state index contributed by atoms with van der Waals surface area (Å²) < 4.78 is 51.1. The molecule has 3 aromatic carbocycles. The summed E-state index contributed by atoms with van der Waals surface area (Å²) in [6.45, 7) is 9.61. The van der Waals surface area contributed by atoms with E-state index < -0.39 is 46.5 Å². The van der Waals surface area contributed by atoms with Crippen LogP contribution < -0.4 is 30.2 Å². The van der Waals surface area contributed by atoms with Crippen molar-refractivity contribution in [2.75, 3.05) is 30.9 Å². The van der Waals surface area contributed by atoms with E-state index in [-0.39, 0.29) is 24.0 Å². The predicted molar refractivity (Wildman–Crippen MR) is 184 cm³/mol. The number of anilines is 2. The number of methoxy groups -OCH3 is 1. The van der Waals surface area contributed by atoms with Crippen LogP contribution in [0, 0.1) is 28.9 Å². The molecule has 2 atom stereocenters. The third-order valence-corrected chi connectivity index (χ3v) is 8.16. The minimum atomic E-state index is -0.722. The van der Waals surface area contributed by atoms with Crippen molar-refractivity contribution < 1.29 is 42.1 Å². The third kappa shape index (κ3) is 8.57. The minimum absolute atomic E-state index is 0.0874. The summed E-state index contributed by atoms with van der Waals surface area (Å²) in [5.41, 5.74) is -0.0877. The highest BCUT2D eigenvalue weighted by Gasteiger charge is 2.65. The molecule has 0 spiro atoms. The first kappa shape index (κ1) is 35.8. The van der Waals surface area contributed by atoms with E-state index in [0.29, 0.717) is 46.8 Å². The van der Waals surface area contributed by atoms with Crippen LogP contribution in [-0.4, -0.2) is 48.8 Å². The van der Waals surface area contributed by atoms with E-state index in [0.717, 1.165) is 6.07 Å². The maximum absolute atomic E-state index is 15.3. The average Bonchev–Trinajstić information content (AvgIpc) is 3.64. The van der Waals surface area contributed by atoms with E-state index >= 15 is 4.39 Å². The van der Waals surface area contributed by atoms with Crippen molar-refractivity contribution in [2.24, 2.45) is 17.3 Å². The lowest BCUT2D eigenvalue weighted by molar-refractivity contribution is -0.122. The van der Waals surface area contributed by atoms with Crippen molar-refractivity contribution in [1.82, 2.24) is 10.3 Å². The Labute approximate surface area is 288 Å². The normalized spacial score (nSPS) is 16.2. The number of alkyl carbamates (subject to hydrolysis) is 1. The highest BCUT2D eigenvalue weighted by molar-refractivity contribution is 6.04. The molecule has 1 fully saturated rings. The van der Waals surface area contributed by atoms with E-state index in [2.05, 4.69) is 20.9 Å². The predicted octanol–water partition coefficient (Wildman–Crippen LogP) is 7.46. The van der Waals surface area contributed by atoms with Gasteiger partial charge < -0.3 is 34.9 Å². The van der Waals surface area contributed by atoms with Gasteiger partial charge in [0.25, 0.3) is 0 Å². The van der Waals surface area contributed by atoms with Crippen molar-refractivity contribution in [3.05, 3.63) is 78.5 Å². The average molecular weight is 691 g/mol. The van der Waals surface area contributed by atoms with Gasteiger partial charge in [0, 0.05) is 41.6 Å². The fourth-order valence-corrected chi connectivity index (χ4v) is 5.62. The molecule has 1 aliphatic rings. The number of carbonyl (C=O) groups is 3. The number of hydrogen-bond acceptors (Lipinski definition) is 8. The van der Waals surface area contributed by atoms with E-state index in [4.69, 9.17) is 18.9 Å². The summed E-state index contributed by atoms with van der Waals surface area (Å²) in [6.07, 6.45) is 1.53. The number of carbonyl (C=O) groups excluding carboxylic acids is 3. The molecule has 1 saturated carbocycles. The van der Waals surface area contributed by atoms with Gasteiger partial charge >= 0.3 is 6.09 Å². The van der Waals surface area contributed by atoms with Gasteiger partial charge in [0.1, 0.15) is 17.2 Å². The van der Waals surface area contributed by atoms with Gasteiger partial charge in [-0.25, -0.2) is 13.6 Å². The molecule has 0 saturated heterocycles. The topological polar surface area (TPSA) is 137 Å². The van der Waals surface area contributed by atoms with E-state index in [1.807, 2.05) is 0 Å². The van der Waals surface area contributed by atoms with Crippen molar-refractivity contribution >= 4 is 40.2 Å². The van der Waals surface area contributed by atoms with Crippen LogP contribution in [0.4, 0.5) is 25.0 Å². The number of fused-ring (bicyclic) bond motifs is 1. The molecule has 0 radical (unpaired) electrons. The lowest BCUT2D eigenvalue weighted by atomic mass is 10.1. The van der Waals surface area contributed by atoms with Crippen LogP contribution >= 0.6 is 0 Å². The van der Waals surface area contributed by atoms with Crippen molar-refractivity contribution in [3.8, 4) is 23.0 Å². The van der Waals surface area contributed by atoms with Crippen LogP contribution in [0.15, 0.2) is 66.9 Å². The Morgan fingerprint density at radius 1 is 0.840 bits per heavy atom. The molecule has 13 heteroatoms. The first-order valence-corrected chi connectivity index (χ1v) is 16.1. The summed E-state index contributed by atoms with van der Waals surface area (Å²) in [5, 5.41) is 8.65. The molecule has 4 aromatic rings. The number of benzene rings is 3. The van der Waals surface area contributed by atoms with Gasteiger partial charge in [-0.2, -0.15) is 0 Å². The maximum atomic E-state index is 15.3. The van der Waals surface area contributed by atoms with Crippen LogP contribution in [0.25, 0.3) is 10.9 Å². The molecule has 50 heavy (non-hydrogen) atoms. The Morgan fingerprint density at radius 2 is 1.50 bits per heavy atom. The fraction of sp³-hybridized carbons (Fsp3) is 0.351. The SMILES string of the molecule is COc1cc2c(Oc3ccc(NC(=O)[C@H]4[C@@H](C(=O)Nc5ccc(F)cc5)C4(C)C)cc3F)ccnc2cc1OCCCNC(=O)OC(C)(C)C. The van der Waals surface area contributed by atoms with Crippen LogP contribution in [0.5, 0.6) is 23.0 Å². The second kappa shape index (κ2) is 14.6. The molecule has 11 nitrogen and oxygen atoms in total. The highest BCUT2D eigenvalue weighted by atomic mass is 19.1. The van der Waals surface area contributed by atoms with Crippen molar-refractivity contribution in [3.63, 3.8) is 0 Å². The second-order valence-electron chi connectivity index (χ2n) is 13.5. The number of nitrogens with zero attached hydrogens (tertiary/aromatic N) is 1. The van der Waals surface area contributed by atoms with E-state index in [9.17, 15) is 18.8 Å². The van der Waals surface area contributed by atoms with Crippen LogP contribution in [-0.2, 0) is 14.3 Å². The summed E-state index contributed by atoms with van der Waals surface area (Å²) in [7, 11) is 1.49. The zero-order valence-corrected chi connectivity index (χ0v) is 28.7. The highest BCUT2D eigenvalue weighted by Crippen LogP contribution is 2.59. The number of pyridine rings is 1. The monoisotopic (exact) mass is 690 g/mol. The molecular formula is C37H40F2N4O7. The molecule has 264 valence electrons. The summed E-state index contributed by atoms with van der Waals surface area (Å²) in [6, 6.07) is 14.4. The Hall–Kier alpha value is -5.46. The largest absolute Gasteiger partial charge is 0.493 e. The minimum Gasteiger partial charge on any atom is -0.493 e. The van der Waals surface area contributed by atoms with E-state index in [1.165, 1.54) is 49.7 Å². The van der Waals surface area contributed by atoms with Gasteiger partial charge in [0.15, 0.2) is 23.1 Å². The Morgan fingerprint density at radius 3 is 2.14 bits per heavy atom. The Kier molecular flexibility index (Phi) is 10.4. The summed E-state index contributed by atoms with van der Waals surface area (Å²) in [5.74, 6) is -2.14. The quantitative estimate of drug-likeness (QED) is 0.130. The molecular weight excluding hydrogens is 650 g/mol. The van der Waals surface area contributed by atoms with Gasteiger partial charge in [-0.15, -0.1) is 0 Å². The number of amides is 3. The number of aromatic nitrogens is 1. The van der Waals surface area contributed by atoms with Crippen LogP contribution in [0.3, 0.4) is 0 Å². The summed E-state index contributed by atoms with van der Waals surface area (Å²) in [4.78, 5) is 42.3. The fourth-order valence-electron chi connectivity index (χ4n) is 5.62. The first-order valence-electron chi connectivity index (χ1n) is 16.1. The first-order chi connectivity index (χ1) is 23.7. The molecule has 0 aliphatic heterocycles. The zero-order chi connectivity index (χ0) is 36.2. The van der Waals surface area contributed by atoms with Gasteiger partial charge in [0.2, 0.25) is 11.8 Å². The third-order valence-electron chi connectivity index (χ3n) is 8.16. The van der Waals surface area contributed by atoms with Gasteiger partial charge in [-0.05, 0) is 81.1 Å². The van der Waals surface area contributed by atoms with E-state index in [1.54, 1.807) is 52.8 Å². The molecule has 3 N–H and O–H groups in total. The number of ether oxygens (including phenoxy) is 4. The smallest absolute Gasteiger partial charge is 0.407 e. The molecule has 5 rings (SSSR count). The maximum Gasteiger partial charge on any atom is 0.407 e. The molecule has 0 bridgehead atoms. The molecule has 1 aliphatic carbocycles. The van der Waals surface area contributed by atoms with Crippen molar-refractivity contribution in [2.45, 2.75) is 46.6 Å². The Balaban J connectivity index is 1.20. The lowest BCUT2D eigenvalue weighted by Crippen LogP contribution is -2.33.